The van der Waals surface area contributed by atoms with Gasteiger partial charge in [-0.1, -0.05) is 35.9 Å². The minimum atomic E-state index is -0.191. The summed E-state index contributed by atoms with van der Waals surface area (Å²) in [5.74, 6) is 0.642. The second-order valence-electron chi connectivity index (χ2n) is 6.21. The predicted octanol–water partition coefficient (Wildman–Crippen LogP) is 5.61. The molecule has 0 saturated heterocycles. The van der Waals surface area contributed by atoms with Crippen LogP contribution >= 0.6 is 11.6 Å². The number of anilines is 1. The molecule has 0 bridgehead atoms. The molecule has 0 aromatic heterocycles. The van der Waals surface area contributed by atoms with Crippen LogP contribution in [0.5, 0.6) is 0 Å². The lowest BCUT2D eigenvalue weighted by molar-refractivity contribution is 0.425. The topological polar surface area (TPSA) is 12.0 Å². The highest BCUT2D eigenvalue weighted by Crippen LogP contribution is 2.51. The molecule has 3 atom stereocenters. The van der Waals surface area contributed by atoms with E-state index in [4.69, 9.17) is 11.6 Å². The van der Waals surface area contributed by atoms with Crippen molar-refractivity contribution >= 4 is 17.3 Å². The maximum atomic E-state index is 13.2. The van der Waals surface area contributed by atoms with Gasteiger partial charge in [0, 0.05) is 16.6 Å². The Balaban J connectivity index is 1.82. The fourth-order valence-corrected chi connectivity index (χ4v) is 4.12. The van der Waals surface area contributed by atoms with Gasteiger partial charge in [-0.25, -0.2) is 4.39 Å². The van der Waals surface area contributed by atoms with Crippen molar-refractivity contribution in [1.82, 2.24) is 0 Å². The van der Waals surface area contributed by atoms with E-state index in [9.17, 15) is 4.39 Å². The highest BCUT2D eigenvalue weighted by molar-refractivity contribution is 6.30. The fraction of sp³-hybridized carbons (Fsp3) is 0.263. The maximum absolute atomic E-state index is 13.2. The van der Waals surface area contributed by atoms with Gasteiger partial charge in [-0.3, -0.25) is 0 Å². The van der Waals surface area contributed by atoms with E-state index < -0.39 is 0 Å². The first-order chi connectivity index (χ1) is 10.6. The first kappa shape index (κ1) is 13.8. The Morgan fingerprint density at radius 2 is 1.95 bits per heavy atom. The Morgan fingerprint density at radius 3 is 2.73 bits per heavy atom. The van der Waals surface area contributed by atoms with E-state index in [-0.39, 0.29) is 11.9 Å². The minimum absolute atomic E-state index is 0.191. The van der Waals surface area contributed by atoms with Crippen LogP contribution in [0.4, 0.5) is 10.1 Å². The summed E-state index contributed by atoms with van der Waals surface area (Å²) in [6, 6.07) is 11.1. The number of rotatable bonds is 1. The molecule has 1 aliphatic carbocycles. The summed E-state index contributed by atoms with van der Waals surface area (Å²) in [7, 11) is 0. The standard InChI is InChI=1S/C19H17ClFN/c1-11-9-13(20)10-17-15-3-2-4-16(15)19(22-18(11)17)12-5-7-14(21)8-6-12/h2-3,5-10,15-16,19,22H,4H2,1H3/t15-,16+,19+/m0/s1. The number of allylic oxidation sites excluding steroid dienone is 2. The molecule has 2 aromatic carbocycles. The first-order valence-electron chi connectivity index (χ1n) is 7.62. The van der Waals surface area contributed by atoms with Gasteiger partial charge in [0.15, 0.2) is 0 Å². The second-order valence-corrected chi connectivity index (χ2v) is 6.65. The number of hydrogen-bond acceptors (Lipinski definition) is 1. The summed E-state index contributed by atoms with van der Waals surface area (Å²) in [5.41, 5.74) is 4.75. The van der Waals surface area contributed by atoms with Crippen molar-refractivity contribution in [2.24, 2.45) is 5.92 Å². The normalized spacial score (nSPS) is 25.5. The summed E-state index contributed by atoms with van der Waals surface area (Å²) in [6.07, 6.45) is 5.57. The van der Waals surface area contributed by atoms with Crippen molar-refractivity contribution in [1.29, 1.82) is 0 Å². The Morgan fingerprint density at radius 1 is 1.18 bits per heavy atom. The zero-order valence-electron chi connectivity index (χ0n) is 12.3. The van der Waals surface area contributed by atoms with Gasteiger partial charge in [0.05, 0.1) is 6.04 Å². The number of fused-ring (bicyclic) bond motifs is 3. The summed E-state index contributed by atoms with van der Waals surface area (Å²) < 4.78 is 13.2. The third-order valence-electron chi connectivity index (χ3n) is 4.86. The van der Waals surface area contributed by atoms with E-state index in [2.05, 4.69) is 30.5 Å². The molecule has 22 heavy (non-hydrogen) atoms. The number of hydrogen-bond donors (Lipinski definition) is 1. The highest BCUT2D eigenvalue weighted by atomic mass is 35.5. The SMILES string of the molecule is Cc1cc(Cl)cc2c1N[C@H](c1ccc(F)cc1)[C@@H]1CC=C[C@H]21. The second kappa shape index (κ2) is 5.13. The average molecular weight is 314 g/mol. The third-order valence-corrected chi connectivity index (χ3v) is 5.08. The quantitative estimate of drug-likeness (QED) is 0.674. The van der Waals surface area contributed by atoms with Crippen molar-refractivity contribution < 1.29 is 4.39 Å². The van der Waals surface area contributed by atoms with Crippen LogP contribution in [-0.2, 0) is 0 Å². The van der Waals surface area contributed by atoms with Crippen molar-refractivity contribution in [3.8, 4) is 0 Å². The molecule has 2 aliphatic rings. The summed E-state index contributed by atoms with van der Waals surface area (Å²) >= 11 is 6.25. The van der Waals surface area contributed by atoms with Gasteiger partial charge in [-0.2, -0.15) is 0 Å². The van der Waals surface area contributed by atoms with E-state index in [0.29, 0.717) is 11.8 Å². The Bertz CT molecular complexity index is 751. The van der Waals surface area contributed by atoms with Gasteiger partial charge in [-0.05, 0) is 60.2 Å². The van der Waals surface area contributed by atoms with Gasteiger partial charge in [0.2, 0.25) is 0 Å². The van der Waals surface area contributed by atoms with Crippen LogP contribution in [0.25, 0.3) is 0 Å². The molecular weight excluding hydrogens is 297 g/mol. The van der Waals surface area contributed by atoms with Crippen LogP contribution in [-0.4, -0.2) is 0 Å². The van der Waals surface area contributed by atoms with Crippen molar-refractivity contribution in [3.05, 3.63) is 76.1 Å². The molecule has 112 valence electrons. The van der Waals surface area contributed by atoms with E-state index in [1.165, 1.54) is 11.3 Å². The van der Waals surface area contributed by atoms with Crippen molar-refractivity contribution in [2.75, 3.05) is 5.32 Å². The molecule has 1 nitrogen and oxygen atoms in total. The fourth-order valence-electron chi connectivity index (χ4n) is 3.84. The predicted molar refractivity (Wildman–Crippen MR) is 88.9 cm³/mol. The smallest absolute Gasteiger partial charge is 0.123 e. The van der Waals surface area contributed by atoms with Crippen LogP contribution in [0.15, 0.2) is 48.6 Å². The van der Waals surface area contributed by atoms with E-state index in [1.54, 1.807) is 12.1 Å². The monoisotopic (exact) mass is 313 g/mol. The minimum Gasteiger partial charge on any atom is -0.377 e. The summed E-state index contributed by atoms with van der Waals surface area (Å²) in [5, 5.41) is 4.47. The zero-order chi connectivity index (χ0) is 15.3. The molecule has 0 spiro atoms. The van der Waals surface area contributed by atoms with Crippen molar-refractivity contribution in [2.45, 2.75) is 25.3 Å². The largest absolute Gasteiger partial charge is 0.377 e. The molecule has 0 saturated carbocycles. The summed E-state index contributed by atoms with van der Waals surface area (Å²) in [4.78, 5) is 0. The Kier molecular flexibility index (Phi) is 3.23. The van der Waals surface area contributed by atoms with E-state index in [0.717, 1.165) is 22.6 Å². The van der Waals surface area contributed by atoms with E-state index in [1.807, 2.05) is 18.2 Å². The molecular formula is C19H17ClFN. The van der Waals surface area contributed by atoms with Crippen molar-refractivity contribution in [3.63, 3.8) is 0 Å². The lowest BCUT2D eigenvalue weighted by atomic mass is 9.76. The van der Waals surface area contributed by atoms with Gasteiger partial charge >= 0.3 is 0 Å². The Labute approximate surface area is 134 Å². The lowest BCUT2D eigenvalue weighted by Gasteiger charge is -2.38. The zero-order valence-corrected chi connectivity index (χ0v) is 13.1. The molecule has 1 N–H and O–H groups in total. The van der Waals surface area contributed by atoms with Crippen LogP contribution in [0.2, 0.25) is 5.02 Å². The summed E-state index contributed by atoms with van der Waals surface area (Å²) in [6.45, 7) is 2.08. The molecule has 3 heteroatoms. The number of halogens is 2. The average Bonchev–Trinajstić information content (AvgIpc) is 2.97. The molecule has 0 radical (unpaired) electrons. The molecule has 0 amide bonds. The lowest BCUT2D eigenvalue weighted by Crippen LogP contribution is -2.29. The first-order valence-corrected chi connectivity index (χ1v) is 8.00. The molecule has 0 unspecified atom stereocenters. The number of nitrogens with one attached hydrogen (secondary N) is 1. The van der Waals surface area contributed by atoms with Crippen LogP contribution in [0.3, 0.4) is 0 Å². The molecule has 1 aliphatic heterocycles. The van der Waals surface area contributed by atoms with Gasteiger partial charge in [0.1, 0.15) is 5.82 Å². The van der Waals surface area contributed by atoms with Gasteiger partial charge < -0.3 is 5.32 Å². The van der Waals surface area contributed by atoms with Gasteiger partial charge in [-0.15, -0.1) is 0 Å². The highest BCUT2D eigenvalue weighted by Gasteiger charge is 2.38. The van der Waals surface area contributed by atoms with Crippen LogP contribution < -0.4 is 5.32 Å². The van der Waals surface area contributed by atoms with E-state index >= 15 is 0 Å². The number of aryl methyl sites for hydroxylation is 1. The van der Waals surface area contributed by atoms with Gasteiger partial charge in [0.25, 0.3) is 0 Å². The molecule has 4 rings (SSSR count). The van der Waals surface area contributed by atoms with Crippen LogP contribution in [0.1, 0.15) is 35.1 Å². The molecule has 1 heterocycles. The molecule has 2 aromatic rings. The third kappa shape index (κ3) is 2.14. The maximum Gasteiger partial charge on any atom is 0.123 e. The Hall–Kier alpha value is -1.80. The van der Waals surface area contributed by atoms with Crippen LogP contribution in [0, 0.1) is 18.7 Å². The number of benzene rings is 2. The molecule has 0 fully saturated rings.